The quantitative estimate of drug-likeness (QED) is 0.504. The van der Waals surface area contributed by atoms with Crippen LogP contribution in [-0.4, -0.2) is 4.98 Å². The summed E-state index contributed by atoms with van der Waals surface area (Å²) in [5.74, 6) is 6.62. The first-order chi connectivity index (χ1) is 10.4. The van der Waals surface area contributed by atoms with Gasteiger partial charge < -0.3 is 0 Å². The second-order valence-corrected chi connectivity index (χ2v) is 6.27. The van der Waals surface area contributed by atoms with Crippen molar-refractivity contribution in [2.24, 2.45) is 11.8 Å². The molecule has 112 valence electrons. The van der Waals surface area contributed by atoms with Crippen LogP contribution in [0.15, 0.2) is 36.5 Å². The number of rotatable bonds is 4. The van der Waals surface area contributed by atoms with Crippen LogP contribution in [0.5, 0.6) is 0 Å². The van der Waals surface area contributed by atoms with Crippen molar-refractivity contribution < 1.29 is 0 Å². The molecule has 0 saturated heterocycles. The molecule has 1 heterocycles. The van der Waals surface area contributed by atoms with Gasteiger partial charge in [-0.2, -0.15) is 0 Å². The van der Waals surface area contributed by atoms with Crippen molar-refractivity contribution in [2.75, 3.05) is 0 Å². The third-order valence-corrected chi connectivity index (χ3v) is 4.76. The Kier molecular flexibility index (Phi) is 4.84. The molecule has 3 N–H and O–H groups in total. The van der Waals surface area contributed by atoms with Gasteiger partial charge in [0.15, 0.2) is 0 Å². The first-order valence-corrected chi connectivity index (χ1v) is 8.17. The van der Waals surface area contributed by atoms with E-state index < -0.39 is 0 Å². The fourth-order valence-electron chi connectivity index (χ4n) is 3.51. The third-order valence-electron chi connectivity index (χ3n) is 4.76. The van der Waals surface area contributed by atoms with Gasteiger partial charge in [-0.05, 0) is 30.0 Å². The summed E-state index contributed by atoms with van der Waals surface area (Å²) < 4.78 is 0. The number of pyridine rings is 1. The summed E-state index contributed by atoms with van der Waals surface area (Å²) in [4.78, 5) is 4.57. The van der Waals surface area contributed by atoms with Gasteiger partial charge in [0.25, 0.3) is 0 Å². The minimum absolute atomic E-state index is 0.213. The smallest absolute Gasteiger partial charge is 0.0702 e. The van der Waals surface area contributed by atoms with Gasteiger partial charge in [0.05, 0.1) is 5.52 Å². The van der Waals surface area contributed by atoms with E-state index in [1.165, 1.54) is 49.5 Å². The number of hydrogen-bond acceptors (Lipinski definition) is 3. The van der Waals surface area contributed by atoms with E-state index in [1.807, 2.05) is 12.3 Å². The fourth-order valence-corrected chi connectivity index (χ4v) is 3.51. The minimum Gasteiger partial charge on any atom is -0.271 e. The number of hydrogen-bond donors (Lipinski definition) is 2. The molecule has 1 atom stereocenters. The zero-order valence-corrected chi connectivity index (χ0v) is 12.6. The second kappa shape index (κ2) is 7.01. The highest BCUT2D eigenvalue weighted by atomic mass is 15.2. The van der Waals surface area contributed by atoms with Crippen LogP contribution in [0, 0.1) is 5.92 Å². The van der Waals surface area contributed by atoms with Crippen molar-refractivity contribution >= 4 is 10.9 Å². The Balaban J connectivity index is 1.77. The maximum Gasteiger partial charge on any atom is 0.0702 e. The first kappa shape index (κ1) is 14.5. The number of hydrazine groups is 1. The first-order valence-electron chi connectivity index (χ1n) is 8.17. The summed E-state index contributed by atoms with van der Waals surface area (Å²) in [6.45, 7) is 0. The van der Waals surface area contributed by atoms with Gasteiger partial charge in [0, 0.05) is 17.6 Å². The lowest BCUT2D eigenvalue weighted by molar-refractivity contribution is 0.359. The lowest BCUT2D eigenvalue weighted by Crippen LogP contribution is -2.29. The highest BCUT2D eigenvalue weighted by molar-refractivity contribution is 5.78. The average molecular weight is 283 g/mol. The van der Waals surface area contributed by atoms with E-state index in [0.717, 1.165) is 17.9 Å². The number of nitrogens with one attached hydrogen (secondary N) is 1. The molecule has 3 heteroatoms. The van der Waals surface area contributed by atoms with Crippen molar-refractivity contribution in [3.63, 3.8) is 0 Å². The molecule has 3 nitrogen and oxygen atoms in total. The molecule has 21 heavy (non-hydrogen) atoms. The van der Waals surface area contributed by atoms with Gasteiger partial charge in [-0.1, -0.05) is 56.7 Å². The molecule has 1 aliphatic carbocycles. The highest BCUT2D eigenvalue weighted by Gasteiger charge is 2.19. The third kappa shape index (κ3) is 3.60. The van der Waals surface area contributed by atoms with E-state index in [0.29, 0.717) is 0 Å². The number of benzene rings is 1. The number of para-hydroxylation sites is 1. The second-order valence-electron chi connectivity index (χ2n) is 6.27. The molecular formula is C18H25N3. The fraction of sp³-hybridized carbons (Fsp3) is 0.500. The summed E-state index contributed by atoms with van der Waals surface area (Å²) in [7, 11) is 0. The zero-order chi connectivity index (χ0) is 14.5. The van der Waals surface area contributed by atoms with Crippen molar-refractivity contribution in [1.29, 1.82) is 0 Å². The van der Waals surface area contributed by atoms with E-state index in [1.54, 1.807) is 0 Å². The van der Waals surface area contributed by atoms with E-state index >= 15 is 0 Å². The van der Waals surface area contributed by atoms with Gasteiger partial charge in [-0.3, -0.25) is 16.3 Å². The molecule has 1 aromatic carbocycles. The van der Waals surface area contributed by atoms with Crippen LogP contribution in [0.3, 0.4) is 0 Å². The monoisotopic (exact) mass is 283 g/mol. The van der Waals surface area contributed by atoms with Gasteiger partial charge in [0.2, 0.25) is 0 Å². The molecule has 1 aromatic heterocycles. The number of fused-ring (bicyclic) bond motifs is 1. The van der Waals surface area contributed by atoms with Crippen LogP contribution in [0.1, 0.15) is 56.6 Å². The molecule has 0 bridgehead atoms. The van der Waals surface area contributed by atoms with Crippen LogP contribution >= 0.6 is 0 Å². The lowest BCUT2D eigenvalue weighted by atomic mass is 9.90. The standard InChI is InChI=1S/C18H25N3/c19-21-18(11-14-7-3-1-2-4-8-14)16-12-15-9-5-6-10-17(15)20-13-16/h5-6,9-10,12-14,18,21H,1-4,7-8,11,19H2. The predicted octanol–water partition coefficient (Wildman–Crippen LogP) is 4.10. The summed E-state index contributed by atoms with van der Waals surface area (Å²) in [5.41, 5.74) is 5.27. The maximum atomic E-state index is 5.83. The highest BCUT2D eigenvalue weighted by Crippen LogP contribution is 2.31. The van der Waals surface area contributed by atoms with Crippen LogP contribution in [0.25, 0.3) is 10.9 Å². The van der Waals surface area contributed by atoms with Gasteiger partial charge in [-0.15, -0.1) is 0 Å². The lowest BCUT2D eigenvalue weighted by Gasteiger charge is -2.22. The van der Waals surface area contributed by atoms with E-state index in [2.05, 4.69) is 34.7 Å². The Morgan fingerprint density at radius 3 is 2.67 bits per heavy atom. The van der Waals surface area contributed by atoms with Crippen LogP contribution in [-0.2, 0) is 0 Å². The summed E-state index contributed by atoms with van der Waals surface area (Å²) in [6, 6.07) is 10.7. The largest absolute Gasteiger partial charge is 0.271 e. The molecule has 0 aliphatic heterocycles. The SMILES string of the molecule is NNC(CC1CCCCCC1)c1cnc2ccccc2c1. The van der Waals surface area contributed by atoms with Crippen LogP contribution < -0.4 is 11.3 Å². The number of aromatic nitrogens is 1. The maximum absolute atomic E-state index is 5.83. The normalized spacial score (nSPS) is 18.5. The summed E-state index contributed by atoms with van der Waals surface area (Å²) in [5, 5.41) is 1.19. The van der Waals surface area contributed by atoms with Crippen molar-refractivity contribution in [2.45, 2.75) is 51.0 Å². The molecule has 1 saturated carbocycles. The van der Waals surface area contributed by atoms with E-state index in [4.69, 9.17) is 5.84 Å². The molecule has 3 rings (SSSR count). The van der Waals surface area contributed by atoms with E-state index in [-0.39, 0.29) is 6.04 Å². The molecule has 1 aliphatic rings. The van der Waals surface area contributed by atoms with Crippen molar-refractivity contribution in [1.82, 2.24) is 10.4 Å². The van der Waals surface area contributed by atoms with E-state index in [9.17, 15) is 0 Å². The van der Waals surface area contributed by atoms with Gasteiger partial charge in [-0.25, -0.2) is 0 Å². The van der Waals surface area contributed by atoms with Gasteiger partial charge in [0.1, 0.15) is 0 Å². The Labute approximate surface area is 126 Å². The molecule has 0 amide bonds. The molecule has 0 spiro atoms. The summed E-state index contributed by atoms with van der Waals surface area (Å²) in [6.07, 6.45) is 11.3. The Hall–Kier alpha value is -1.45. The van der Waals surface area contributed by atoms with Crippen molar-refractivity contribution in [3.05, 3.63) is 42.1 Å². The molecule has 0 radical (unpaired) electrons. The number of nitrogens with two attached hydrogens (primary N) is 1. The predicted molar refractivity (Wildman–Crippen MR) is 87.6 cm³/mol. The molecular weight excluding hydrogens is 258 g/mol. The summed E-state index contributed by atoms with van der Waals surface area (Å²) >= 11 is 0. The Morgan fingerprint density at radius 2 is 1.90 bits per heavy atom. The van der Waals surface area contributed by atoms with Crippen LogP contribution in [0.2, 0.25) is 0 Å². The molecule has 1 unspecified atom stereocenters. The average Bonchev–Trinajstić information content (AvgIpc) is 2.81. The van der Waals surface area contributed by atoms with Crippen molar-refractivity contribution in [3.8, 4) is 0 Å². The topological polar surface area (TPSA) is 50.9 Å². The minimum atomic E-state index is 0.213. The number of nitrogens with zero attached hydrogens (tertiary/aromatic N) is 1. The zero-order valence-electron chi connectivity index (χ0n) is 12.6. The molecule has 2 aromatic rings. The van der Waals surface area contributed by atoms with Crippen LogP contribution in [0.4, 0.5) is 0 Å². The Bertz CT molecular complexity index is 573. The van der Waals surface area contributed by atoms with Gasteiger partial charge >= 0.3 is 0 Å². The Morgan fingerprint density at radius 1 is 1.14 bits per heavy atom. The molecule has 1 fully saturated rings.